The third kappa shape index (κ3) is 3.32. The van der Waals surface area contributed by atoms with Crippen molar-refractivity contribution in [3.63, 3.8) is 0 Å². The maximum atomic E-state index is 13.0. The molecule has 1 saturated heterocycles. The molecule has 2 aliphatic rings. The second-order valence-corrected chi connectivity index (χ2v) is 9.09. The van der Waals surface area contributed by atoms with Crippen molar-refractivity contribution in [3.8, 4) is 0 Å². The molecule has 152 valence electrons. The minimum Gasteiger partial charge on any atom is -0.301 e. The number of para-hydroxylation sites is 2. The predicted octanol–water partition coefficient (Wildman–Crippen LogP) is 4.60. The van der Waals surface area contributed by atoms with E-state index in [-0.39, 0.29) is 5.69 Å². The molecule has 1 saturated carbocycles. The molecule has 2 fully saturated rings. The molecule has 0 spiro atoms. The van der Waals surface area contributed by atoms with Gasteiger partial charge in [0.15, 0.2) is 0 Å². The Hall–Kier alpha value is -2.04. The molecule has 2 aromatic carbocycles. The summed E-state index contributed by atoms with van der Waals surface area (Å²) in [7, 11) is 0. The van der Waals surface area contributed by atoms with Gasteiger partial charge in [0.05, 0.1) is 11.0 Å². The maximum Gasteiger partial charge on any atom is 0.329 e. The van der Waals surface area contributed by atoms with Crippen LogP contribution in [-0.2, 0) is 13.1 Å². The van der Waals surface area contributed by atoms with Gasteiger partial charge in [0.1, 0.15) is 0 Å². The van der Waals surface area contributed by atoms with Crippen LogP contribution in [0.15, 0.2) is 53.3 Å². The van der Waals surface area contributed by atoms with Gasteiger partial charge in [0, 0.05) is 37.7 Å². The van der Waals surface area contributed by atoms with E-state index in [9.17, 15) is 4.79 Å². The van der Waals surface area contributed by atoms with Gasteiger partial charge in [-0.2, -0.15) is 0 Å². The zero-order valence-corrected chi connectivity index (χ0v) is 17.7. The zero-order chi connectivity index (χ0) is 20.0. The molecule has 1 aromatic heterocycles. The standard InChI is InChI=1S/C24H28ClN3O/c1-2-11-27-22-5-3-4-6-23(22)28(24(27)29)13-12-26-15-18-14-20(21(18)16-26)17-7-9-19(25)10-8-17/h3-10,18,20-21H,2,11-16H2,1H3/t18-,20-,21+/m1/s1. The minimum absolute atomic E-state index is 0.134. The lowest BCUT2D eigenvalue weighted by atomic mass is 9.64. The molecule has 29 heavy (non-hydrogen) atoms. The van der Waals surface area contributed by atoms with Gasteiger partial charge in [0.2, 0.25) is 0 Å². The topological polar surface area (TPSA) is 30.2 Å². The van der Waals surface area contributed by atoms with Gasteiger partial charge < -0.3 is 4.90 Å². The van der Waals surface area contributed by atoms with E-state index in [4.69, 9.17) is 11.6 Å². The quantitative estimate of drug-likeness (QED) is 0.595. The molecule has 5 heteroatoms. The number of aryl methyl sites for hydroxylation is 1. The lowest BCUT2D eigenvalue weighted by Gasteiger charge is -2.40. The summed E-state index contributed by atoms with van der Waals surface area (Å²) in [6.07, 6.45) is 2.24. The number of fused-ring (bicyclic) bond motifs is 2. The highest BCUT2D eigenvalue weighted by Crippen LogP contribution is 2.51. The first-order chi connectivity index (χ1) is 14.2. The Bertz CT molecular complexity index is 1070. The highest BCUT2D eigenvalue weighted by molar-refractivity contribution is 6.30. The van der Waals surface area contributed by atoms with Crippen molar-refractivity contribution in [2.75, 3.05) is 19.6 Å². The summed E-state index contributed by atoms with van der Waals surface area (Å²) in [5.74, 6) is 2.21. The van der Waals surface area contributed by atoms with Crippen LogP contribution in [0, 0.1) is 11.8 Å². The Kier molecular flexibility index (Phi) is 5.00. The second kappa shape index (κ2) is 7.66. The van der Waals surface area contributed by atoms with E-state index >= 15 is 0 Å². The van der Waals surface area contributed by atoms with Gasteiger partial charge in [-0.1, -0.05) is 42.8 Å². The van der Waals surface area contributed by atoms with Crippen molar-refractivity contribution in [3.05, 3.63) is 69.6 Å². The second-order valence-electron chi connectivity index (χ2n) is 8.65. The van der Waals surface area contributed by atoms with E-state index in [1.165, 1.54) is 12.0 Å². The monoisotopic (exact) mass is 409 g/mol. The number of likely N-dealkylation sites (tertiary alicyclic amines) is 1. The molecule has 0 amide bonds. The summed E-state index contributed by atoms with van der Waals surface area (Å²) in [6.45, 7) is 6.91. The average molecular weight is 410 g/mol. The fourth-order valence-corrected chi connectivity index (χ4v) is 5.57. The molecule has 0 bridgehead atoms. The number of aromatic nitrogens is 2. The first kappa shape index (κ1) is 19.0. The average Bonchev–Trinajstić information content (AvgIpc) is 3.17. The first-order valence-electron chi connectivity index (χ1n) is 10.8. The van der Waals surface area contributed by atoms with Crippen molar-refractivity contribution in [1.82, 2.24) is 14.0 Å². The van der Waals surface area contributed by atoms with Crippen LogP contribution in [-0.4, -0.2) is 33.7 Å². The highest BCUT2D eigenvalue weighted by atomic mass is 35.5. The van der Waals surface area contributed by atoms with E-state index in [1.807, 2.05) is 33.4 Å². The van der Waals surface area contributed by atoms with Gasteiger partial charge in [-0.15, -0.1) is 0 Å². The summed E-state index contributed by atoms with van der Waals surface area (Å²) in [6, 6.07) is 16.6. The van der Waals surface area contributed by atoms with E-state index < -0.39 is 0 Å². The predicted molar refractivity (Wildman–Crippen MR) is 119 cm³/mol. The molecule has 1 aliphatic carbocycles. The van der Waals surface area contributed by atoms with Gasteiger partial charge in [-0.3, -0.25) is 9.13 Å². The maximum absolute atomic E-state index is 13.0. The van der Waals surface area contributed by atoms with E-state index in [0.29, 0.717) is 5.92 Å². The largest absolute Gasteiger partial charge is 0.329 e. The third-order valence-corrected chi connectivity index (χ3v) is 7.20. The Morgan fingerprint density at radius 3 is 2.31 bits per heavy atom. The van der Waals surface area contributed by atoms with Crippen molar-refractivity contribution < 1.29 is 0 Å². The van der Waals surface area contributed by atoms with Crippen LogP contribution in [0.5, 0.6) is 0 Å². The fourth-order valence-electron chi connectivity index (χ4n) is 5.44. The Labute approximate surface area is 176 Å². The number of benzene rings is 2. The normalized spacial score (nSPS) is 24.0. The van der Waals surface area contributed by atoms with E-state index in [1.54, 1.807) is 0 Å². The van der Waals surface area contributed by atoms with Crippen molar-refractivity contribution in [2.24, 2.45) is 11.8 Å². The van der Waals surface area contributed by atoms with Crippen molar-refractivity contribution in [2.45, 2.75) is 38.8 Å². The van der Waals surface area contributed by atoms with Crippen LogP contribution in [0.3, 0.4) is 0 Å². The lowest BCUT2D eigenvalue weighted by Crippen LogP contribution is -2.33. The van der Waals surface area contributed by atoms with Crippen LogP contribution < -0.4 is 5.69 Å². The fraction of sp³-hybridized carbons (Fsp3) is 0.458. The Balaban J connectivity index is 1.28. The van der Waals surface area contributed by atoms with E-state index in [0.717, 1.165) is 67.0 Å². The van der Waals surface area contributed by atoms with E-state index in [2.05, 4.69) is 36.1 Å². The van der Waals surface area contributed by atoms with Crippen LogP contribution >= 0.6 is 11.6 Å². The molecule has 2 heterocycles. The smallest absolute Gasteiger partial charge is 0.301 e. The van der Waals surface area contributed by atoms with Crippen LogP contribution in [0.25, 0.3) is 11.0 Å². The van der Waals surface area contributed by atoms with Crippen molar-refractivity contribution >= 4 is 22.6 Å². The molecular formula is C24H28ClN3O. The summed E-state index contributed by atoms with van der Waals surface area (Å²) < 4.78 is 3.90. The molecule has 3 aromatic rings. The number of nitrogens with zero attached hydrogens (tertiary/aromatic N) is 3. The van der Waals surface area contributed by atoms with Crippen molar-refractivity contribution in [1.29, 1.82) is 0 Å². The first-order valence-corrected chi connectivity index (χ1v) is 11.2. The Morgan fingerprint density at radius 2 is 1.62 bits per heavy atom. The molecule has 0 unspecified atom stereocenters. The molecule has 3 atom stereocenters. The van der Waals surface area contributed by atoms with Gasteiger partial charge >= 0.3 is 5.69 Å². The summed E-state index contributed by atoms with van der Waals surface area (Å²) in [5.41, 5.74) is 3.68. The SMILES string of the molecule is CCCn1c(=O)n(CCN2C[C@H]3C[C@H](c4ccc(Cl)cc4)[C@H]3C2)c2ccccc21. The number of imidazole rings is 1. The molecular weight excluding hydrogens is 382 g/mol. The van der Waals surface area contributed by atoms with Gasteiger partial charge in [-0.25, -0.2) is 4.79 Å². The number of hydrogen-bond acceptors (Lipinski definition) is 2. The zero-order valence-electron chi connectivity index (χ0n) is 16.9. The number of hydrogen-bond donors (Lipinski definition) is 0. The van der Waals surface area contributed by atoms with Crippen LogP contribution in [0.2, 0.25) is 5.02 Å². The summed E-state index contributed by atoms with van der Waals surface area (Å²) in [5, 5.41) is 0.811. The number of halogens is 1. The molecule has 4 nitrogen and oxygen atoms in total. The molecule has 0 radical (unpaired) electrons. The Morgan fingerprint density at radius 1 is 0.931 bits per heavy atom. The molecule has 0 N–H and O–H groups in total. The minimum atomic E-state index is 0.134. The van der Waals surface area contributed by atoms with Crippen LogP contribution in [0.1, 0.15) is 31.2 Å². The van der Waals surface area contributed by atoms with Crippen LogP contribution in [0.4, 0.5) is 0 Å². The van der Waals surface area contributed by atoms with Gasteiger partial charge in [0.25, 0.3) is 0 Å². The molecule has 5 rings (SSSR count). The van der Waals surface area contributed by atoms with Gasteiger partial charge in [-0.05, 0) is 60.4 Å². The third-order valence-electron chi connectivity index (χ3n) is 6.95. The number of rotatable bonds is 6. The highest BCUT2D eigenvalue weighted by Gasteiger charge is 2.47. The lowest BCUT2D eigenvalue weighted by molar-refractivity contribution is 0.191. The summed E-state index contributed by atoms with van der Waals surface area (Å²) in [4.78, 5) is 15.5. The molecule has 1 aliphatic heterocycles. The summed E-state index contributed by atoms with van der Waals surface area (Å²) >= 11 is 6.05.